The number of halogens is 1. The zero-order valence-electron chi connectivity index (χ0n) is 5.80. The molecular formula is C7H3ClN2O2. The second-order valence-corrected chi connectivity index (χ2v) is 2.67. The van der Waals surface area contributed by atoms with Gasteiger partial charge in [-0.25, -0.2) is 4.98 Å². The van der Waals surface area contributed by atoms with E-state index in [0.29, 0.717) is 11.3 Å². The van der Waals surface area contributed by atoms with E-state index in [0.717, 1.165) is 0 Å². The highest BCUT2D eigenvalue weighted by Crippen LogP contribution is 2.28. The number of hydrogen-bond donors (Lipinski definition) is 1. The third-order valence-corrected chi connectivity index (χ3v) is 1.88. The highest BCUT2D eigenvalue weighted by Gasteiger charge is 2.29. The first-order chi connectivity index (χ1) is 5.70. The summed E-state index contributed by atoms with van der Waals surface area (Å²) < 4.78 is 0. The summed E-state index contributed by atoms with van der Waals surface area (Å²) in [6.07, 6.45) is 1.39. The normalized spacial score (nSPS) is 14.4. The number of amides is 1. The van der Waals surface area contributed by atoms with E-state index in [9.17, 15) is 9.59 Å². The van der Waals surface area contributed by atoms with Crippen LogP contribution < -0.4 is 5.32 Å². The van der Waals surface area contributed by atoms with Crippen molar-refractivity contribution in [3.63, 3.8) is 0 Å². The largest absolute Gasteiger partial charge is 0.316 e. The summed E-state index contributed by atoms with van der Waals surface area (Å²) in [6.45, 7) is 0. The molecule has 1 aromatic heterocycles. The van der Waals surface area contributed by atoms with Gasteiger partial charge >= 0.3 is 0 Å². The number of carbonyl (C=O) groups excluding carboxylic acids is 2. The van der Waals surface area contributed by atoms with Crippen molar-refractivity contribution in [1.82, 2.24) is 4.98 Å². The smallest absolute Gasteiger partial charge is 0.296 e. The van der Waals surface area contributed by atoms with Gasteiger partial charge in [0.25, 0.3) is 11.7 Å². The molecule has 0 aliphatic carbocycles. The minimum absolute atomic E-state index is 0.145. The van der Waals surface area contributed by atoms with Gasteiger partial charge in [-0.3, -0.25) is 9.59 Å². The molecule has 0 aromatic carbocycles. The summed E-state index contributed by atoms with van der Waals surface area (Å²) in [5.41, 5.74) is 0.606. The van der Waals surface area contributed by atoms with Gasteiger partial charge in [0.1, 0.15) is 0 Å². The van der Waals surface area contributed by atoms with Crippen LogP contribution in [0.25, 0.3) is 0 Å². The average Bonchev–Trinajstić information content (AvgIpc) is 2.32. The van der Waals surface area contributed by atoms with Gasteiger partial charge in [0.2, 0.25) is 0 Å². The van der Waals surface area contributed by atoms with E-state index in [1.807, 2.05) is 0 Å². The van der Waals surface area contributed by atoms with E-state index in [-0.39, 0.29) is 5.15 Å². The number of rotatable bonds is 0. The molecule has 1 aliphatic heterocycles. The molecule has 1 aromatic rings. The van der Waals surface area contributed by atoms with Gasteiger partial charge in [-0.2, -0.15) is 0 Å². The van der Waals surface area contributed by atoms with Crippen LogP contribution in [0, 0.1) is 0 Å². The zero-order valence-corrected chi connectivity index (χ0v) is 6.55. The number of pyridine rings is 1. The molecule has 2 rings (SSSR count). The van der Waals surface area contributed by atoms with Gasteiger partial charge < -0.3 is 5.32 Å². The van der Waals surface area contributed by atoms with Gasteiger partial charge in [0.15, 0.2) is 5.15 Å². The lowest BCUT2D eigenvalue weighted by Gasteiger charge is -1.96. The maximum atomic E-state index is 11.1. The van der Waals surface area contributed by atoms with E-state index < -0.39 is 11.7 Å². The van der Waals surface area contributed by atoms with Crippen molar-refractivity contribution in [1.29, 1.82) is 0 Å². The standard InChI is InChI=1S/C7H3ClN2O2/c8-6-4-3(1-2-9-6)5(11)7(12)10-4/h1-2H,(H,10,11,12). The quantitative estimate of drug-likeness (QED) is 0.479. The molecule has 0 saturated carbocycles. The number of fused-ring (bicyclic) bond motifs is 1. The van der Waals surface area contributed by atoms with Crippen LogP contribution in [0.3, 0.4) is 0 Å². The van der Waals surface area contributed by atoms with Gasteiger partial charge in [0, 0.05) is 6.20 Å². The van der Waals surface area contributed by atoms with Gasteiger partial charge in [-0.15, -0.1) is 0 Å². The molecule has 60 valence electrons. The van der Waals surface area contributed by atoms with Gasteiger partial charge in [-0.05, 0) is 6.07 Å². The second-order valence-electron chi connectivity index (χ2n) is 2.31. The van der Waals surface area contributed by atoms with Crippen molar-refractivity contribution in [2.75, 3.05) is 5.32 Å². The van der Waals surface area contributed by atoms with Crippen molar-refractivity contribution < 1.29 is 9.59 Å². The molecule has 0 radical (unpaired) electrons. The molecule has 0 unspecified atom stereocenters. The Bertz CT molecular complexity index is 389. The predicted molar refractivity (Wildman–Crippen MR) is 42.2 cm³/mol. The minimum atomic E-state index is -0.653. The summed E-state index contributed by atoms with van der Waals surface area (Å²) >= 11 is 5.62. The molecule has 5 heteroatoms. The van der Waals surface area contributed by atoms with E-state index in [1.54, 1.807) is 0 Å². The minimum Gasteiger partial charge on any atom is -0.316 e. The Morgan fingerprint density at radius 1 is 1.42 bits per heavy atom. The van der Waals surface area contributed by atoms with E-state index >= 15 is 0 Å². The molecule has 1 amide bonds. The fraction of sp³-hybridized carbons (Fsp3) is 0. The van der Waals surface area contributed by atoms with E-state index in [2.05, 4.69) is 10.3 Å². The number of nitrogens with zero attached hydrogens (tertiary/aromatic N) is 1. The van der Waals surface area contributed by atoms with Gasteiger partial charge in [0.05, 0.1) is 11.3 Å². The van der Waals surface area contributed by atoms with Crippen LogP contribution in [0.1, 0.15) is 10.4 Å². The Morgan fingerprint density at radius 2 is 2.17 bits per heavy atom. The van der Waals surface area contributed by atoms with Crippen LogP contribution in [0.4, 0.5) is 5.69 Å². The summed E-state index contributed by atoms with van der Waals surface area (Å²) in [7, 11) is 0. The molecular weight excluding hydrogens is 180 g/mol. The molecule has 0 fully saturated rings. The number of hydrogen-bond acceptors (Lipinski definition) is 3. The first kappa shape index (κ1) is 7.24. The highest BCUT2D eigenvalue weighted by atomic mass is 35.5. The Labute approximate surface area is 72.6 Å². The van der Waals surface area contributed by atoms with E-state index in [1.165, 1.54) is 12.3 Å². The lowest BCUT2D eigenvalue weighted by atomic mass is 10.2. The number of anilines is 1. The summed E-state index contributed by atoms with van der Waals surface area (Å²) in [5.74, 6) is -1.21. The molecule has 0 saturated heterocycles. The van der Waals surface area contributed by atoms with Crippen LogP contribution in [0.5, 0.6) is 0 Å². The van der Waals surface area contributed by atoms with Crippen molar-refractivity contribution in [3.05, 3.63) is 23.0 Å². The number of aromatic nitrogens is 1. The first-order valence-electron chi connectivity index (χ1n) is 3.20. The molecule has 1 aliphatic rings. The van der Waals surface area contributed by atoms with Gasteiger partial charge in [-0.1, -0.05) is 11.6 Å². The molecule has 12 heavy (non-hydrogen) atoms. The lowest BCUT2D eigenvalue weighted by Crippen LogP contribution is -2.12. The fourth-order valence-electron chi connectivity index (χ4n) is 1.04. The Morgan fingerprint density at radius 3 is 2.83 bits per heavy atom. The average molecular weight is 183 g/mol. The zero-order chi connectivity index (χ0) is 8.72. The van der Waals surface area contributed by atoms with E-state index in [4.69, 9.17) is 11.6 Å². The topological polar surface area (TPSA) is 59.1 Å². The van der Waals surface area contributed by atoms with Crippen LogP contribution in [0.2, 0.25) is 5.15 Å². The maximum absolute atomic E-state index is 11.1. The van der Waals surface area contributed by atoms with Crippen LogP contribution in [-0.4, -0.2) is 16.7 Å². The Balaban J connectivity index is 2.68. The van der Waals surface area contributed by atoms with Crippen LogP contribution in [0.15, 0.2) is 12.3 Å². The fourth-order valence-corrected chi connectivity index (χ4v) is 1.24. The monoisotopic (exact) mass is 182 g/mol. The molecule has 0 spiro atoms. The third-order valence-electron chi connectivity index (χ3n) is 1.59. The summed E-state index contributed by atoms with van der Waals surface area (Å²) in [4.78, 5) is 25.6. The van der Waals surface area contributed by atoms with Crippen molar-refractivity contribution in [3.8, 4) is 0 Å². The number of Topliss-reactive ketones (excluding diaryl/α,β-unsaturated/α-hetero) is 1. The number of nitrogens with one attached hydrogen (secondary N) is 1. The molecule has 1 N–H and O–H groups in total. The van der Waals surface area contributed by atoms with Crippen molar-refractivity contribution in [2.45, 2.75) is 0 Å². The molecule has 4 nitrogen and oxygen atoms in total. The maximum Gasteiger partial charge on any atom is 0.296 e. The Kier molecular flexibility index (Phi) is 1.38. The van der Waals surface area contributed by atoms with Crippen molar-refractivity contribution >= 4 is 29.0 Å². The first-order valence-corrected chi connectivity index (χ1v) is 3.58. The lowest BCUT2D eigenvalue weighted by molar-refractivity contribution is -0.112. The molecule has 2 heterocycles. The Hall–Kier alpha value is -1.42. The predicted octanol–water partition coefficient (Wildman–Crippen LogP) is 0.870. The third kappa shape index (κ3) is 0.816. The number of ketones is 1. The summed E-state index contributed by atoms with van der Waals surface area (Å²) in [5, 5.41) is 2.48. The second kappa shape index (κ2) is 2.28. The molecule has 0 atom stereocenters. The summed E-state index contributed by atoms with van der Waals surface area (Å²) in [6, 6.07) is 1.46. The number of carbonyl (C=O) groups is 2. The highest BCUT2D eigenvalue weighted by molar-refractivity contribution is 6.53. The van der Waals surface area contributed by atoms with Crippen molar-refractivity contribution in [2.24, 2.45) is 0 Å². The molecule has 0 bridgehead atoms. The van der Waals surface area contributed by atoms with Crippen LogP contribution in [-0.2, 0) is 4.79 Å². The van der Waals surface area contributed by atoms with Crippen LogP contribution >= 0.6 is 11.6 Å². The SMILES string of the molecule is O=C1Nc2c(ccnc2Cl)C1=O.